The molecule has 6 heteroatoms. The second kappa shape index (κ2) is 8.54. The van der Waals surface area contributed by atoms with Crippen LogP contribution >= 0.6 is 0 Å². The number of carbonyl (C=O) groups excluding carboxylic acids is 2. The Morgan fingerprint density at radius 1 is 1.00 bits per heavy atom. The first-order valence-electron chi connectivity index (χ1n) is 7.49. The molecule has 130 valence electrons. The number of methoxy groups -OCH3 is 2. The lowest BCUT2D eigenvalue weighted by atomic mass is 10.1. The normalized spacial score (nSPS) is 10.5. The molecule has 0 bridgehead atoms. The van der Waals surface area contributed by atoms with E-state index in [-0.39, 0.29) is 12.4 Å². The second-order valence-corrected chi connectivity index (χ2v) is 5.09. The van der Waals surface area contributed by atoms with Crippen molar-refractivity contribution < 1.29 is 23.8 Å². The molecule has 2 aromatic rings. The van der Waals surface area contributed by atoms with E-state index >= 15 is 0 Å². The van der Waals surface area contributed by atoms with Crippen molar-refractivity contribution in [2.75, 3.05) is 20.8 Å². The molecule has 0 saturated heterocycles. The van der Waals surface area contributed by atoms with E-state index in [9.17, 15) is 9.59 Å². The van der Waals surface area contributed by atoms with Crippen molar-refractivity contribution in [3.05, 3.63) is 59.7 Å². The fourth-order valence-electron chi connectivity index (χ4n) is 2.10. The number of nitrogens with two attached hydrogens (primary N) is 1. The highest BCUT2D eigenvalue weighted by Gasteiger charge is 2.11. The number of benzene rings is 2. The Labute approximate surface area is 145 Å². The van der Waals surface area contributed by atoms with Crippen molar-refractivity contribution in [1.82, 2.24) is 0 Å². The molecule has 0 fully saturated rings. The first-order chi connectivity index (χ1) is 12.0. The number of ether oxygens (including phenoxy) is 3. The van der Waals surface area contributed by atoms with E-state index in [1.54, 1.807) is 25.3 Å². The first kappa shape index (κ1) is 18.1. The number of rotatable bonds is 8. The molecular formula is C19H19NO5. The van der Waals surface area contributed by atoms with Crippen LogP contribution in [-0.4, -0.2) is 32.5 Å². The summed E-state index contributed by atoms with van der Waals surface area (Å²) in [6.07, 6.45) is 3.17. The number of amides is 1. The fraction of sp³-hybridized carbons (Fsp3) is 0.158. The summed E-state index contributed by atoms with van der Waals surface area (Å²) in [4.78, 5) is 23.1. The van der Waals surface area contributed by atoms with Crippen LogP contribution in [0.3, 0.4) is 0 Å². The van der Waals surface area contributed by atoms with Gasteiger partial charge in [-0.25, -0.2) is 0 Å². The van der Waals surface area contributed by atoms with E-state index in [4.69, 9.17) is 19.9 Å². The van der Waals surface area contributed by atoms with E-state index < -0.39 is 5.91 Å². The topological polar surface area (TPSA) is 87.9 Å². The van der Waals surface area contributed by atoms with Gasteiger partial charge in [0.25, 0.3) is 5.91 Å². The Balaban J connectivity index is 2.14. The molecule has 0 unspecified atom stereocenters. The van der Waals surface area contributed by atoms with Gasteiger partial charge in [0.1, 0.15) is 17.2 Å². The summed E-state index contributed by atoms with van der Waals surface area (Å²) in [7, 11) is 3.05. The van der Waals surface area contributed by atoms with Gasteiger partial charge >= 0.3 is 0 Å². The van der Waals surface area contributed by atoms with Crippen molar-refractivity contribution in [1.29, 1.82) is 0 Å². The summed E-state index contributed by atoms with van der Waals surface area (Å²) >= 11 is 0. The zero-order valence-electron chi connectivity index (χ0n) is 14.0. The highest BCUT2D eigenvalue weighted by Crippen LogP contribution is 2.25. The summed E-state index contributed by atoms with van der Waals surface area (Å²) in [6.45, 7) is -0.242. The SMILES string of the molecule is COc1ccc(/C=C/C(=O)c2ccc(OCC(N)=O)cc2OC)cc1. The molecule has 2 aromatic carbocycles. The van der Waals surface area contributed by atoms with E-state index in [1.807, 2.05) is 24.3 Å². The minimum absolute atomic E-state index is 0.214. The molecule has 0 spiro atoms. The smallest absolute Gasteiger partial charge is 0.255 e. The quantitative estimate of drug-likeness (QED) is 0.589. The third-order valence-electron chi connectivity index (χ3n) is 3.36. The average molecular weight is 341 g/mol. The number of ketones is 1. The van der Waals surface area contributed by atoms with Gasteiger partial charge in [-0.2, -0.15) is 0 Å². The van der Waals surface area contributed by atoms with E-state index in [1.165, 1.54) is 19.3 Å². The zero-order chi connectivity index (χ0) is 18.2. The van der Waals surface area contributed by atoms with Crippen LogP contribution in [0.1, 0.15) is 15.9 Å². The van der Waals surface area contributed by atoms with Gasteiger partial charge < -0.3 is 19.9 Å². The van der Waals surface area contributed by atoms with Gasteiger partial charge in [-0.3, -0.25) is 9.59 Å². The lowest BCUT2D eigenvalue weighted by molar-refractivity contribution is -0.119. The molecule has 0 radical (unpaired) electrons. The van der Waals surface area contributed by atoms with Crippen LogP contribution in [-0.2, 0) is 4.79 Å². The lowest BCUT2D eigenvalue weighted by Gasteiger charge is -2.09. The van der Waals surface area contributed by atoms with Crippen LogP contribution in [0, 0.1) is 0 Å². The van der Waals surface area contributed by atoms with Crippen molar-refractivity contribution in [2.24, 2.45) is 5.73 Å². The number of hydrogen-bond donors (Lipinski definition) is 1. The van der Waals surface area contributed by atoms with Gasteiger partial charge in [0.15, 0.2) is 12.4 Å². The maximum Gasteiger partial charge on any atom is 0.255 e. The summed E-state index contributed by atoms with van der Waals surface area (Å²) in [6, 6.07) is 12.0. The number of allylic oxidation sites excluding steroid dienone is 1. The Morgan fingerprint density at radius 3 is 2.28 bits per heavy atom. The van der Waals surface area contributed by atoms with E-state index in [0.29, 0.717) is 17.1 Å². The highest BCUT2D eigenvalue weighted by molar-refractivity contribution is 6.08. The molecular weight excluding hydrogens is 322 g/mol. The molecule has 6 nitrogen and oxygen atoms in total. The van der Waals surface area contributed by atoms with Crippen molar-refractivity contribution in [2.45, 2.75) is 0 Å². The van der Waals surface area contributed by atoms with Crippen molar-refractivity contribution >= 4 is 17.8 Å². The van der Waals surface area contributed by atoms with Gasteiger partial charge in [-0.1, -0.05) is 18.2 Å². The van der Waals surface area contributed by atoms with Gasteiger partial charge in [0.05, 0.1) is 19.8 Å². The van der Waals surface area contributed by atoms with E-state index in [2.05, 4.69) is 0 Å². The molecule has 0 aliphatic carbocycles. The van der Waals surface area contributed by atoms with Crippen LogP contribution < -0.4 is 19.9 Å². The molecule has 25 heavy (non-hydrogen) atoms. The molecule has 0 aromatic heterocycles. The van der Waals surface area contributed by atoms with Crippen LogP contribution in [0.25, 0.3) is 6.08 Å². The molecule has 0 atom stereocenters. The Hall–Kier alpha value is -3.28. The Morgan fingerprint density at radius 2 is 1.68 bits per heavy atom. The molecule has 0 aliphatic heterocycles. The van der Waals surface area contributed by atoms with Crippen LogP contribution in [0.4, 0.5) is 0 Å². The minimum atomic E-state index is -0.582. The zero-order valence-corrected chi connectivity index (χ0v) is 14.0. The van der Waals surface area contributed by atoms with Crippen molar-refractivity contribution in [3.8, 4) is 17.2 Å². The van der Waals surface area contributed by atoms with Crippen molar-refractivity contribution in [3.63, 3.8) is 0 Å². The largest absolute Gasteiger partial charge is 0.497 e. The molecule has 2 N–H and O–H groups in total. The standard InChI is InChI=1S/C19H19NO5/c1-23-14-6-3-13(4-7-14)5-10-17(21)16-9-8-15(11-18(16)24-2)25-12-19(20)22/h3-11H,12H2,1-2H3,(H2,20,22)/b10-5+. The summed E-state index contributed by atoms with van der Waals surface area (Å²) < 4.78 is 15.5. The predicted molar refractivity (Wildman–Crippen MR) is 94.0 cm³/mol. The Bertz CT molecular complexity index is 781. The van der Waals surface area contributed by atoms with Gasteiger partial charge in [0.2, 0.25) is 0 Å². The first-order valence-corrected chi connectivity index (χ1v) is 7.49. The second-order valence-electron chi connectivity index (χ2n) is 5.09. The van der Waals surface area contributed by atoms with Crippen LogP contribution in [0.2, 0.25) is 0 Å². The molecule has 1 amide bonds. The van der Waals surface area contributed by atoms with Gasteiger partial charge in [-0.15, -0.1) is 0 Å². The number of primary amides is 1. The molecule has 0 heterocycles. The third-order valence-corrected chi connectivity index (χ3v) is 3.36. The predicted octanol–water partition coefficient (Wildman–Crippen LogP) is 2.46. The number of carbonyl (C=O) groups is 2. The number of hydrogen-bond acceptors (Lipinski definition) is 5. The maximum atomic E-state index is 12.4. The highest BCUT2D eigenvalue weighted by atomic mass is 16.5. The van der Waals surface area contributed by atoms with Crippen LogP contribution in [0.5, 0.6) is 17.2 Å². The average Bonchev–Trinajstić information content (AvgIpc) is 2.64. The molecule has 2 rings (SSSR count). The summed E-state index contributed by atoms with van der Waals surface area (Å²) in [5, 5.41) is 0. The lowest BCUT2D eigenvalue weighted by Crippen LogP contribution is -2.20. The fourth-order valence-corrected chi connectivity index (χ4v) is 2.10. The Kier molecular flexibility index (Phi) is 6.17. The minimum Gasteiger partial charge on any atom is -0.497 e. The van der Waals surface area contributed by atoms with Gasteiger partial charge in [0, 0.05) is 6.07 Å². The summed E-state index contributed by atoms with van der Waals surface area (Å²) in [5.41, 5.74) is 6.29. The summed E-state index contributed by atoms with van der Waals surface area (Å²) in [5.74, 6) is 0.699. The molecule has 0 saturated carbocycles. The van der Waals surface area contributed by atoms with E-state index in [0.717, 1.165) is 11.3 Å². The van der Waals surface area contributed by atoms with Crippen LogP contribution in [0.15, 0.2) is 48.5 Å². The maximum absolute atomic E-state index is 12.4. The monoisotopic (exact) mass is 341 g/mol. The van der Waals surface area contributed by atoms with Gasteiger partial charge in [-0.05, 0) is 35.9 Å². The third kappa shape index (κ3) is 5.10. The molecule has 0 aliphatic rings.